The van der Waals surface area contributed by atoms with Gasteiger partial charge in [0.2, 0.25) is 5.95 Å². The maximum atomic E-state index is 5.95. The number of H-pyrrole nitrogens is 1. The Kier molecular flexibility index (Phi) is 4.56. The minimum atomic E-state index is 0.496. The molecule has 1 heterocycles. The van der Waals surface area contributed by atoms with Gasteiger partial charge in [0.25, 0.3) is 0 Å². The average molecular weight is 315 g/mol. The molecule has 0 aliphatic carbocycles. The molecule has 0 saturated heterocycles. The Balaban J connectivity index is 1.53. The first kappa shape index (κ1) is 14.4. The number of benzene rings is 2. The van der Waals surface area contributed by atoms with Crippen LogP contribution in [0.2, 0.25) is 5.02 Å². The molecule has 3 rings (SSSR count). The molecule has 5 nitrogen and oxygen atoms in total. The third kappa shape index (κ3) is 3.99. The molecule has 1 aromatic heterocycles. The Morgan fingerprint density at radius 1 is 1.09 bits per heavy atom. The van der Waals surface area contributed by atoms with Gasteiger partial charge in [0, 0.05) is 11.6 Å². The highest BCUT2D eigenvalue weighted by atomic mass is 35.5. The van der Waals surface area contributed by atoms with E-state index < -0.39 is 0 Å². The third-order valence-corrected chi connectivity index (χ3v) is 3.33. The van der Waals surface area contributed by atoms with Gasteiger partial charge in [-0.1, -0.05) is 35.9 Å². The highest BCUT2D eigenvalue weighted by Gasteiger charge is 1.99. The van der Waals surface area contributed by atoms with E-state index in [1.54, 1.807) is 0 Å². The van der Waals surface area contributed by atoms with Crippen LogP contribution in [-0.2, 0) is 13.2 Å². The van der Waals surface area contributed by atoms with Gasteiger partial charge < -0.3 is 10.1 Å². The van der Waals surface area contributed by atoms with E-state index in [1.165, 1.54) is 6.33 Å². The van der Waals surface area contributed by atoms with Crippen LogP contribution in [0.3, 0.4) is 0 Å². The van der Waals surface area contributed by atoms with Gasteiger partial charge in [-0.3, -0.25) is 0 Å². The van der Waals surface area contributed by atoms with Crippen molar-refractivity contribution < 1.29 is 4.74 Å². The summed E-state index contributed by atoms with van der Waals surface area (Å²) in [5.41, 5.74) is 2.18. The summed E-state index contributed by atoms with van der Waals surface area (Å²) in [5.74, 6) is 1.48. The smallest absolute Gasteiger partial charge is 0.218 e. The van der Waals surface area contributed by atoms with Crippen molar-refractivity contribution in [3.8, 4) is 5.75 Å². The first-order valence-electron chi connectivity index (χ1n) is 6.85. The van der Waals surface area contributed by atoms with Gasteiger partial charge in [-0.05, 0) is 35.4 Å². The molecule has 112 valence electrons. The highest BCUT2D eigenvalue weighted by molar-refractivity contribution is 6.30. The molecular weight excluding hydrogens is 300 g/mol. The molecule has 6 heteroatoms. The molecule has 0 aliphatic heterocycles. The quantitative estimate of drug-likeness (QED) is 0.729. The van der Waals surface area contributed by atoms with E-state index in [0.717, 1.165) is 21.9 Å². The van der Waals surface area contributed by atoms with Crippen molar-refractivity contribution in [1.29, 1.82) is 0 Å². The lowest BCUT2D eigenvalue weighted by molar-refractivity contribution is 0.306. The van der Waals surface area contributed by atoms with Crippen molar-refractivity contribution in [1.82, 2.24) is 15.2 Å². The molecule has 0 radical (unpaired) electrons. The summed E-state index contributed by atoms with van der Waals surface area (Å²) in [5, 5.41) is 10.4. The number of hydrogen-bond donors (Lipinski definition) is 2. The molecule has 0 aliphatic rings. The fourth-order valence-electron chi connectivity index (χ4n) is 1.97. The van der Waals surface area contributed by atoms with Gasteiger partial charge in [0.05, 0.1) is 0 Å². The molecule has 0 amide bonds. The van der Waals surface area contributed by atoms with Gasteiger partial charge in [0.1, 0.15) is 18.7 Å². The van der Waals surface area contributed by atoms with Crippen molar-refractivity contribution in [2.45, 2.75) is 13.2 Å². The SMILES string of the molecule is Clc1cccc(COc2ccc(CNc3ncn[nH]3)cc2)c1. The zero-order valence-electron chi connectivity index (χ0n) is 11.8. The minimum Gasteiger partial charge on any atom is -0.489 e. The van der Waals surface area contributed by atoms with Crippen LogP contribution < -0.4 is 10.1 Å². The van der Waals surface area contributed by atoms with Gasteiger partial charge >= 0.3 is 0 Å². The molecule has 0 atom stereocenters. The Bertz CT molecular complexity index is 713. The summed E-state index contributed by atoms with van der Waals surface area (Å²) in [7, 11) is 0. The van der Waals surface area contributed by atoms with Gasteiger partial charge in [0.15, 0.2) is 0 Å². The predicted octanol–water partition coefficient (Wildman–Crippen LogP) is 3.65. The zero-order chi connectivity index (χ0) is 15.2. The summed E-state index contributed by atoms with van der Waals surface area (Å²) in [6, 6.07) is 15.6. The second kappa shape index (κ2) is 6.95. The van der Waals surface area contributed by atoms with Crippen molar-refractivity contribution in [2.24, 2.45) is 0 Å². The molecule has 0 fully saturated rings. The molecular formula is C16H15ClN4O. The van der Waals surface area contributed by atoms with E-state index in [-0.39, 0.29) is 0 Å². The van der Waals surface area contributed by atoms with Gasteiger partial charge in [-0.2, -0.15) is 5.10 Å². The van der Waals surface area contributed by atoms with E-state index in [1.807, 2.05) is 48.5 Å². The first-order valence-corrected chi connectivity index (χ1v) is 7.23. The van der Waals surface area contributed by atoms with Crippen LogP contribution in [0.1, 0.15) is 11.1 Å². The summed E-state index contributed by atoms with van der Waals surface area (Å²) in [6.07, 6.45) is 1.47. The monoisotopic (exact) mass is 314 g/mol. The van der Waals surface area contributed by atoms with E-state index >= 15 is 0 Å². The number of anilines is 1. The molecule has 2 N–H and O–H groups in total. The van der Waals surface area contributed by atoms with Crippen LogP contribution in [-0.4, -0.2) is 15.2 Å². The number of rotatable bonds is 6. The first-order chi connectivity index (χ1) is 10.8. The predicted molar refractivity (Wildman–Crippen MR) is 85.9 cm³/mol. The zero-order valence-corrected chi connectivity index (χ0v) is 12.5. The lowest BCUT2D eigenvalue weighted by atomic mass is 10.2. The minimum absolute atomic E-state index is 0.496. The molecule has 3 aromatic rings. The Morgan fingerprint density at radius 3 is 2.68 bits per heavy atom. The average Bonchev–Trinajstić information content (AvgIpc) is 3.05. The number of aromatic amines is 1. The van der Waals surface area contributed by atoms with Crippen LogP contribution in [0.5, 0.6) is 5.75 Å². The fourth-order valence-corrected chi connectivity index (χ4v) is 2.19. The summed E-state index contributed by atoms with van der Waals surface area (Å²) in [6.45, 7) is 1.17. The van der Waals surface area contributed by atoms with E-state index in [9.17, 15) is 0 Å². The fraction of sp³-hybridized carbons (Fsp3) is 0.125. The number of halogens is 1. The van der Waals surface area contributed by atoms with Crippen LogP contribution in [0.15, 0.2) is 54.9 Å². The van der Waals surface area contributed by atoms with Gasteiger partial charge in [-0.25, -0.2) is 10.1 Å². The Hall–Kier alpha value is -2.53. The number of aromatic nitrogens is 3. The molecule has 0 unspecified atom stereocenters. The van der Waals surface area contributed by atoms with Crippen LogP contribution in [0.25, 0.3) is 0 Å². The Morgan fingerprint density at radius 2 is 1.95 bits per heavy atom. The third-order valence-electron chi connectivity index (χ3n) is 3.09. The number of nitrogens with one attached hydrogen (secondary N) is 2. The molecule has 22 heavy (non-hydrogen) atoms. The molecule has 0 spiro atoms. The Labute approximate surface area is 133 Å². The second-order valence-corrected chi connectivity index (χ2v) is 5.19. The van der Waals surface area contributed by atoms with E-state index in [0.29, 0.717) is 19.1 Å². The van der Waals surface area contributed by atoms with Crippen molar-refractivity contribution in [3.63, 3.8) is 0 Å². The van der Waals surface area contributed by atoms with Crippen LogP contribution in [0, 0.1) is 0 Å². The van der Waals surface area contributed by atoms with Crippen molar-refractivity contribution >= 4 is 17.5 Å². The summed E-state index contributed by atoms with van der Waals surface area (Å²) >= 11 is 5.95. The number of ether oxygens (including phenoxy) is 1. The van der Waals surface area contributed by atoms with E-state index in [4.69, 9.17) is 16.3 Å². The largest absolute Gasteiger partial charge is 0.489 e. The molecule has 2 aromatic carbocycles. The van der Waals surface area contributed by atoms with Crippen molar-refractivity contribution in [3.05, 3.63) is 71.0 Å². The standard InChI is InChI=1S/C16H15ClN4O/c17-14-3-1-2-13(8-14)10-22-15-6-4-12(5-7-15)9-18-16-19-11-20-21-16/h1-8,11H,9-10H2,(H2,18,19,20,21). The topological polar surface area (TPSA) is 62.8 Å². The van der Waals surface area contributed by atoms with Gasteiger partial charge in [-0.15, -0.1) is 0 Å². The van der Waals surface area contributed by atoms with Crippen molar-refractivity contribution in [2.75, 3.05) is 5.32 Å². The molecule has 0 saturated carbocycles. The maximum absolute atomic E-state index is 5.95. The summed E-state index contributed by atoms with van der Waals surface area (Å²) in [4.78, 5) is 4.01. The lowest BCUT2D eigenvalue weighted by Crippen LogP contribution is -2.01. The van der Waals surface area contributed by atoms with Crippen LogP contribution >= 0.6 is 11.6 Å². The van der Waals surface area contributed by atoms with E-state index in [2.05, 4.69) is 20.5 Å². The number of hydrogen-bond acceptors (Lipinski definition) is 4. The maximum Gasteiger partial charge on any atom is 0.218 e. The normalized spacial score (nSPS) is 10.4. The number of nitrogens with zero attached hydrogens (tertiary/aromatic N) is 2. The summed E-state index contributed by atoms with van der Waals surface area (Å²) < 4.78 is 5.74. The molecule has 0 bridgehead atoms. The lowest BCUT2D eigenvalue weighted by Gasteiger charge is -2.08. The van der Waals surface area contributed by atoms with Crippen LogP contribution in [0.4, 0.5) is 5.95 Å². The highest BCUT2D eigenvalue weighted by Crippen LogP contribution is 2.16. The second-order valence-electron chi connectivity index (χ2n) is 4.75.